The first-order chi connectivity index (χ1) is 7.67. The molecule has 1 aromatic rings. The minimum atomic E-state index is 0.0129. The summed E-state index contributed by atoms with van der Waals surface area (Å²) >= 11 is 0. The van der Waals surface area contributed by atoms with Gasteiger partial charge in [0.1, 0.15) is 5.75 Å². The van der Waals surface area contributed by atoms with Gasteiger partial charge in [-0.1, -0.05) is 0 Å². The fourth-order valence-electron chi connectivity index (χ4n) is 1.42. The highest BCUT2D eigenvalue weighted by Gasteiger charge is 2.03. The van der Waals surface area contributed by atoms with Crippen LogP contribution in [0.2, 0.25) is 0 Å². The molecule has 0 aliphatic carbocycles. The van der Waals surface area contributed by atoms with Crippen LogP contribution in [0.3, 0.4) is 0 Å². The summed E-state index contributed by atoms with van der Waals surface area (Å²) in [6, 6.07) is 5.59. The first kappa shape index (κ1) is 12.5. The third kappa shape index (κ3) is 3.55. The van der Waals surface area contributed by atoms with Crippen LogP contribution in [0.5, 0.6) is 5.75 Å². The van der Waals surface area contributed by atoms with Crippen molar-refractivity contribution in [3.05, 3.63) is 23.8 Å². The summed E-state index contributed by atoms with van der Waals surface area (Å²) in [6.45, 7) is 2.63. The van der Waals surface area contributed by atoms with Gasteiger partial charge >= 0.3 is 0 Å². The Labute approximate surface area is 96.0 Å². The highest BCUT2D eigenvalue weighted by atomic mass is 16.5. The number of amides is 1. The maximum Gasteiger partial charge on any atom is 0.225 e. The van der Waals surface area contributed by atoms with Crippen molar-refractivity contribution in [2.45, 2.75) is 13.3 Å². The molecular weight excluding hydrogens is 204 g/mol. The fourth-order valence-corrected chi connectivity index (χ4v) is 1.42. The summed E-state index contributed by atoms with van der Waals surface area (Å²) in [4.78, 5) is 11.5. The van der Waals surface area contributed by atoms with Gasteiger partial charge in [-0.15, -0.1) is 0 Å². The normalized spacial score (nSPS) is 9.94. The lowest BCUT2D eigenvalue weighted by molar-refractivity contribution is -0.116. The van der Waals surface area contributed by atoms with E-state index in [2.05, 4.69) is 10.6 Å². The molecule has 0 radical (unpaired) electrons. The molecule has 0 aromatic heterocycles. The molecule has 0 saturated heterocycles. The monoisotopic (exact) mass is 222 g/mol. The van der Waals surface area contributed by atoms with Crippen molar-refractivity contribution in [1.82, 2.24) is 5.32 Å². The van der Waals surface area contributed by atoms with Gasteiger partial charge in [0.05, 0.1) is 7.11 Å². The van der Waals surface area contributed by atoms with E-state index in [0.29, 0.717) is 13.0 Å². The Morgan fingerprint density at radius 2 is 2.19 bits per heavy atom. The highest BCUT2D eigenvalue weighted by molar-refractivity contribution is 5.91. The first-order valence-electron chi connectivity index (χ1n) is 5.26. The number of carbonyl (C=O) groups is 1. The Morgan fingerprint density at radius 1 is 1.44 bits per heavy atom. The number of benzene rings is 1. The second kappa shape index (κ2) is 6.12. The molecule has 88 valence electrons. The fraction of sp³-hybridized carbons (Fsp3) is 0.417. The van der Waals surface area contributed by atoms with E-state index in [1.807, 2.05) is 32.2 Å². The molecular formula is C12H18N2O2. The lowest BCUT2D eigenvalue weighted by Crippen LogP contribution is -2.18. The van der Waals surface area contributed by atoms with Crippen molar-refractivity contribution < 1.29 is 9.53 Å². The van der Waals surface area contributed by atoms with Gasteiger partial charge in [0.25, 0.3) is 0 Å². The minimum Gasteiger partial charge on any atom is -0.496 e. The molecule has 4 nitrogen and oxygen atoms in total. The Bertz CT molecular complexity index is 364. The van der Waals surface area contributed by atoms with Crippen LogP contribution >= 0.6 is 0 Å². The van der Waals surface area contributed by atoms with E-state index in [1.54, 1.807) is 7.11 Å². The molecule has 0 fully saturated rings. The van der Waals surface area contributed by atoms with Crippen molar-refractivity contribution in [2.75, 3.05) is 26.0 Å². The largest absolute Gasteiger partial charge is 0.496 e. The zero-order chi connectivity index (χ0) is 12.0. The lowest BCUT2D eigenvalue weighted by atomic mass is 10.2. The Balaban J connectivity index is 2.61. The number of carbonyl (C=O) groups excluding carboxylic acids is 1. The van der Waals surface area contributed by atoms with Gasteiger partial charge in [-0.2, -0.15) is 0 Å². The minimum absolute atomic E-state index is 0.0129. The third-order valence-electron chi connectivity index (χ3n) is 2.28. The van der Waals surface area contributed by atoms with Crippen LogP contribution in [-0.2, 0) is 4.79 Å². The molecule has 0 aliphatic heterocycles. The van der Waals surface area contributed by atoms with Crippen LogP contribution in [0.4, 0.5) is 5.69 Å². The van der Waals surface area contributed by atoms with Crippen LogP contribution in [0, 0.1) is 6.92 Å². The maximum atomic E-state index is 11.5. The zero-order valence-electron chi connectivity index (χ0n) is 9.96. The Kier molecular flexibility index (Phi) is 4.79. The van der Waals surface area contributed by atoms with E-state index in [0.717, 1.165) is 17.0 Å². The van der Waals surface area contributed by atoms with Gasteiger partial charge in [0, 0.05) is 18.7 Å². The van der Waals surface area contributed by atoms with Crippen molar-refractivity contribution in [3.63, 3.8) is 0 Å². The number of nitrogens with one attached hydrogen (secondary N) is 2. The number of hydrogen-bond donors (Lipinski definition) is 2. The smallest absolute Gasteiger partial charge is 0.225 e. The molecule has 4 heteroatoms. The predicted octanol–water partition coefficient (Wildman–Crippen LogP) is 1.55. The van der Waals surface area contributed by atoms with E-state index in [9.17, 15) is 4.79 Å². The predicted molar refractivity (Wildman–Crippen MR) is 64.9 cm³/mol. The van der Waals surface area contributed by atoms with Crippen molar-refractivity contribution >= 4 is 11.6 Å². The number of ether oxygens (including phenoxy) is 1. The number of rotatable bonds is 5. The summed E-state index contributed by atoms with van der Waals surface area (Å²) in [5.41, 5.74) is 1.81. The van der Waals surface area contributed by atoms with E-state index in [4.69, 9.17) is 4.74 Å². The van der Waals surface area contributed by atoms with Crippen molar-refractivity contribution in [2.24, 2.45) is 0 Å². The molecule has 0 saturated carbocycles. The van der Waals surface area contributed by atoms with E-state index in [1.165, 1.54) is 0 Å². The van der Waals surface area contributed by atoms with Crippen LogP contribution in [0.1, 0.15) is 12.0 Å². The van der Waals surface area contributed by atoms with Gasteiger partial charge in [0.2, 0.25) is 5.91 Å². The third-order valence-corrected chi connectivity index (χ3v) is 2.28. The quantitative estimate of drug-likeness (QED) is 0.794. The zero-order valence-corrected chi connectivity index (χ0v) is 9.96. The molecule has 2 N–H and O–H groups in total. The number of hydrogen-bond acceptors (Lipinski definition) is 3. The summed E-state index contributed by atoms with van der Waals surface area (Å²) in [7, 11) is 3.46. The summed E-state index contributed by atoms with van der Waals surface area (Å²) in [5, 5.41) is 5.77. The Hall–Kier alpha value is -1.55. The topological polar surface area (TPSA) is 50.4 Å². The van der Waals surface area contributed by atoms with Crippen LogP contribution in [0.25, 0.3) is 0 Å². The first-order valence-corrected chi connectivity index (χ1v) is 5.26. The SMILES string of the molecule is CNCCC(=O)Nc1ccc(OC)c(C)c1. The van der Waals surface area contributed by atoms with E-state index in [-0.39, 0.29) is 5.91 Å². The molecule has 0 bridgehead atoms. The maximum absolute atomic E-state index is 11.5. The van der Waals surface area contributed by atoms with Gasteiger partial charge in [0.15, 0.2) is 0 Å². The van der Waals surface area contributed by atoms with Crippen molar-refractivity contribution in [3.8, 4) is 5.75 Å². The van der Waals surface area contributed by atoms with Crippen LogP contribution < -0.4 is 15.4 Å². The molecule has 16 heavy (non-hydrogen) atoms. The molecule has 1 amide bonds. The lowest BCUT2D eigenvalue weighted by Gasteiger charge is -2.08. The van der Waals surface area contributed by atoms with Crippen molar-refractivity contribution in [1.29, 1.82) is 0 Å². The van der Waals surface area contributed by atoms with Gasteiger partial charge in [-0.05, 0) is 37.7 Å². The van der Waals surface area contributed by atoms with Gasteiger partial charge < -0.3 is 15.4 Å². The van der Waals surface area contributed by atoms with E-state index < -0.39 is 0 Å². The molecule has 0 heterocycles. The molecule has 0 spiro atoms. The summed E-state index contributed by atoms with van der Waals surface area (Å²) in [5.74, 6) is 0.840. The standard InChI is InChI=1S/C12H18N2O2/c1-9-8-10(4-5-11(9)16-3)14-12(15)6-7-13-2/h4-5,8,13H,6-7H2,1-3H3,(H,14,15). The molecule has 0 atom stereocenters. The average Bonchev–Trinajstić information content (AvgIpc) is 2.26. The molecule has 0 aliphatic rings. The van der Waals surface area contributed by atoms with Crippen LogP contribution in [0.15, 0.2) is 18.2 Å². The van der Waals surface area contributed by atoms with Gasteiger partial charge in [-0.3, -0.25) is 4.79 Å². The molecule has 1 rings (SSSR count). The van der Waals surface area contributed by atoms with Gasteiger partial charge in [-0.25, -0.2) is 0 Å². The molecule has 1 aromatic carbocycles. The second-order valence-corrected chi connectivity index (χ2v) is 3.59. The summed E-state index contributed by atoms with van der Waals surface area (Å²) < 4.78 is 5.15. The average molecular weight is 222 g/mol. The second-order valence-electron chi connectivity index (χ2n) is 3.59. The number of anilines is 1. The Morgan fingerprint density at radius 3 is 2.75 bits per heavy atom. The highest BCUT2D eigenvalue weighted by Crippen LogP contribution is 2.21. The van der Waals surface area contributed by atoms with E-state index >= 15 is 0 Å². The van der Waals surface area contributed by atoms with Crippen LogP contribution in [-0.4, -0.2) is 26.6 Å². The number of methoxy groups -OCH3 is 1. The number of aryl methyl sites for hydroxylation is 1. The summed E-state index contributed by atoms with van der Waals surface area (Å²) in [6.07, 6.45) is 0.474. The molecule has 0 unspecified atom stereocenters.